The topological polar surface area (TPSA) is 61.4 Å². The van der Waals surface area contributed by atoms with E-state index in [0.29, 0.717) is 28.7 Å². The molecule has 0 aromatic heterocycles. The molecule has 1 aromatic carbocycles. The molecule has 1 fully saturated rings. The molecule has 1 aliphatic heterocycles. The van der Waals surface area contributed by atoms with Crippen molar-refractivity contribution in [1.29, 1.82) is 0 Å². The number of carbonyl (C=O) groups is 2. The van der Waals surface area contributed by atoms with Crippen LogP contribution in [0.3, 0.4) is 0 Å². The van der Waals surface area contributed by atoms with Gasteiger partial charge in [-0.3, -0.25) is 9.59 Å². The van der Waals surface area contributed by atoms with Gasteiger partial charge in [-0.2, -0.15) is 0 Å². The van der Waals surface area contributed by atoms with E-state index in [1.807, 2.05) is 0 Å². The second kappa shape index (κ2) is 9.11. The fourth-order valence-corrected chi connectivity index (χ4v) is 2.74. The number of amides is 2. The third-order valence-electron chi connectivity index (χ3n) is 3.77. The molecule has 0 aliphatic carbocycles. The van der Waals surface area contributed by atoms with Crippen LogP contribution in [0.4, 0.5) is 5.69 Å². The molecule has 2 N–H and O–H groups in total. The van der Waals surface area contributed by atoms with Crippen LogP contribution in [-0.4, -0.2) is 43.4 Å². The Labute approximate surface area is 148 Å². The van der Waals surface area contributed by atoms with Crippen LogP contribution in [0.1, 0.15) is 36.0 Å². The largest absolute Gasteiger partial charge is 0.345 e. The summed E-state index contributed by atoms with van der Waals surface area (Å²) in [5, 5.41) is 6.58. The minimum atomic E-state index is -0.184. The van der Waals surface area contributed by atoms with Crippen LogP contribution >= 0.6 is 24.0 Å². The van der Waals surface area contributed by atoms with Crippen LogP contribution < -0.4 is 10.6 Å². The van der Waals surface area contributed by atoms with Crippen molar-refractivity contribution in [2.75, 3.05) is 26.0 Å². The van der Waals surface area contributed by atoms with Gasteiger partial charge >= 0.3 is 0 Å². The summed E-state index contributed by atoms with van der Waals surface area (Å²) < 4.78 is 0. The van der Waals surface area contributed by atoms with Gasteiger partial charge in [-0.05, 0) is 44.0 Å². The summed E-state index contributed by atoms with van der Waals surface area (Å²) in [6, 6.07) is 5.41. The lowest BCUT2D eigenvalue weighted by Gasteiger charge is -2.14. The zero-order chi connectivity index (χ0) is 16.1. The molecule has 2 rings (SSSR count). The van der Waals surface area contributed by atoms with Crippen LogP contribution in [0.15, 0.2) is 18.2 Å². The number of nitrogens with zero attached hydrogens (tertiary/aromatic N) is 1. The second-order valence-electron chi connectivity index (χ2n) is 5.77. The van der Waals surface area contributed by atoms with E-state index in [4.69, 9.17) is 11.6 Å². The predicted octanol–water partition coefficient (Wildman–Crippen LogP) is 2.93. The zero-order valence-corrected chi connectivity index (χ0v) is 15.0. The molecular formula is C16H23Cl2N3O2. The number of carbonyl (C=O) groups excluding carboxylic acids is 2. The average molecular weight is 360 g/mol. The maximum Gasteiger partial charge on any atom is 0.254 e. The van der Waals surface area contributed by atoms with Crippen molar-refractivity contribution >= 4 is 41.5 Å². The Morgan fingerprint density at radius 1 is 1.39 bits per heavy atom. The van der Waals surface area contributed by atoms with Gasteiger partial charge in [-0.1, -0.05) is 11.6 Å². The van der Waals surface area contributed by atoms with Crippen LogP contribution in [0.2, 0.25) is 5.02 Å². The molecule has 1 unspecified atom stereocenters. The van der Waals surface area contributed by atoms with Crippen molar-refractivity contribution in [3.8, 4) is 0 Å². The van der Waals surface area contributed by atoms with E-state index >= 15 is 0 Å². The molecule has 128 valence electrons. The van der Waals surface area contributed by atoms with E-state index in [1.54, 1.807) is 32.3 Å². The van der Waals surface area contributed by atoms with Gasteiger partial charge < -0.3 is 15.5 Å². The molecule has 1 aliphatic rings. The molecule has 1 aromatic rings. The fraction of sp³-hybridized carbons (Fsp3) is 0.500. The predicted molar refractivity (Wildman–Crippen MR) is 95.6 cm³/mol. The monoisotopic (exact) mass is 359 g/mol. The normalized spacial score (nSPS) is 16.6. The van der Waals surface area contributed by atoms with E-state index in [1.165, 1.54) is 11.3 Å². The summed E-state index contributed by atoms with van der Waals surface area (Å²) in [5.41, 5.74) is 0.987. The van der Waals surface area contributed by atoms with E-state index in [0.717, 1.165) is 19.4 Å². The van der Waals surface area contributed by atoms with Gasteiger partial charge in [-0.15, -0.1) is 12.4 Å². The van der Waals surface area contributed by atoms with E-state index in [2.05, 4.69) is 10.6 Å². The zero-order valence-electron chi connectivity index (χ0n) is 13.4. The average Bonchev–Trinajstić information content (AvgIpc) is 2.99. The Morgan fingerprint density at radius 3 is 2.74 bits per heavy atom. The Kier molecular flexibility index (Phi) is 7.82. The van der Waals surface area contributed by atoms with Crippen molar-refractivity contribution in [1.82, 2.24) is 10.2 Å². The van der Waals surface area contributed by atoms with Crippen LogP contribution in [-0.2, 0) is 4.79 Å². The first kappa shape index (κ1) is 19.7. The number of hydrogen-bond acceptors (Lipinski definition) is 3. The highest BCUT2D eigenvalue weighted by molar-refractivity contribution is 6.34. The van der Waals surface area contributed by atoms with Crippen LogP contribution in [0, 0.1) is 0 Å². The van der Waals surface area contributed by atoms with Crippen LogP contribution in [0.25, 0.3) is 0 Å². The smallest absolute Gasteiger partial charge is 0.254 e. The molecule has 2 amide bonds. The summed E-state index contributed by atoms with van der Waals surface area (Å²) in [6.07, 6.45) is 3.62. The lowest BCUT2D eigenvalue weighted by molar-refractivity contribution is -0.116. The molecule has 0 bridgehead atoms. The summed E-state index contributed by atoms with van der Waals surface area (Å²) >= 11 is 6.05. The standard InChI is InChI=1S/C16H22ClN3O2.ClH/c1-20(2)16(22)13-10-12(5-7-14(13)17)19-15(21)8-6-11-4-3-9-18-11;/h5,7,10-11,18H,3-4,6,8-9H2,1-2H3,(H,19,21);1H. The molecule has 23 heavy (non-hydrogen) atoms. The fourth-order valence-electron chi connectivity index (χ4n) is 2.54. The first-order chi connectivity index (χ1) is 10.5. The Morgan fingerprint density at radius 2 is 2.13 bits per heavy atom. The van der Waals surface area contributed by atoms with Gasteiger partial charge in [0, 0.05) is 32.2 Å². The van der Waals surface area contributed by atoms with Crippen molar-refractivity contribution in [2.45, 2.75) is 31.7 Å². The molecule has 0 spiro atoms. The molecule has 1 heterocycles. The highest BCUT2D eigenvalue weighted by atomic mass is 35.5. The molecular weight excluding hydrogens is 337 g/mol. The number of nitrogens with one attached hydrogen (secondary N) is 2. The number of halogens is 2. The van der Waals surface area contributed by atoms with Crippen molar-refractivity contribution in [2.24, 2.45) is 0 Å². The molecule has 1 atom stereocenters. The van der Waals surface area contributed by atoms with Gasteiger partial charge in [0.2, 0.25) is 5.91 Å². The summed E-state index contributed by atoms with van der Waals surface area (Å²) in [6.45, 7) is 1.04. The van der Waals surface area contributed by atoms with Gasteiger partial charge in [-0.25, -0.2) is 0 Å². The van der Waals surface area contributed by atoms with Gasteiger partial charge in [0.05, 0.1) is 10.6 Å². The van der Waals surface area contributed by atoms with Crippen molar-refractivity contribution in [3.63, 3.8) is 0 Å². The van der Waals surface area contributed by atoms with Crippen LogP contribution in [0.5, 0.6) is 0 Å². The highest BCUT2D eigenvalue weighted by Gasteiger charge is 2.16. The first-order valence-corrected chi connectivity index (χ1v) is 7.89. The van der Waals surface area contributed by atoms with Gasteiger partial charge in [0.15, 0.2) is 0 Å². The van der Waals surface area contributed by atoms with E-state index < -0.39 is 0 Å². The van der Waals surface area contributed by atoms with E-state index in [-0.39, 0.29) is 24.2 Å². The SMILES string of the molecule is CN(C)C(=O)c1cc(NC(=O)CCC2CCCN2)ccc1Cl.Cl. The summed E-state index contributed by atoms with van der Waals surface area (Å²) in [4.78, 5) is 25.5. The summed E-state index contributed by atoms with van der Waals surface area (Å²) in [7, 11) is 3.33. The second-order valence-corrected chi connectivity index (χ2v) is 6.18. The number of rotatable bonds is 5. The van der Waals surface area contributed by atoms with Gasteiger partial charge in [0.1, 0.15) is 0 Å². The number of hydrogen-bond donors (Lipinski definition) is 2. The Bertz CT molecular complexity index is 558. The minimum absolute atomic E-state index is 0. The highest BCUT2D eigenvalue weighted by Crippen LogP contribution is 2.22. The molecule has 5 nitrogen and oxygen atoms in total. The quantitative estimate of drug-likeness (QED) is 0.849. The molecule has 1 saturated heterocycles. The lowest BCUT2D eigenvalue weighted by Crippen LogP contribution is -2.24. The third-order valence-corrected chi connectivity index (χ3v) is 4.10. The third kappa shape index (κ3) is 5.68. The number of anilines is 1. The lowest BCUT2D eigenvalue weighted by atomic mass is 10.1. The maximum atomic E-state index is 12.0. The summed E-state index contributed by atoms with van der Waals surface area (Å²) in [5.74, 6) is -0.226. The maximum absolute atomic E-state index is 12.0. The van der Waals surface area contributed by atoms with Crippen molar-refractivity contribution < 1.29 is 9.59 Å². The molecule has 7 heteroatoms. The van der Waals surface area contributed by atoms with E-state index in [9.17, 15) is 9.59 Å². The van der Waals surface area contributed by atoms with Crippen molar-refractivity contribution in [3.05, 3.63) is 28.8 Å². The number of benzene rings is 1. The Hall–Kier alpha value is -1.30. The van der Waals surface area contributed by atoms with Gasteiger partial charge in [0.25, 0.3) is 5.91 Å². The minimum Gasteiger partial charge on any atom is -0.345 e. The molecule has 0 saturated carbocycles. The molecule has 0 radical (unpaired) electrons. The first-order valence-electron chi connectivity index (χ1n) is 7.52. The Balaban J connectivity index is 0.00000264.